The average molecular weight is 347 g/mol. The van der Waals surface area contributed by atoms with Crippen LogP contribution in [0.5, 0.6) is 0 Å². The van der Waals surface area contributed by atoms with Gasteiger partial charge in [0.15, 0.2) is 17.2 Å². The van der Waals surface area contributed by atoms with Crippen molar-refractivity contribution < 1.29 is 18.7 Å². The molecule has 25 heavy (non-hydrogen) atoms. The number of carboxylic acid groups (broad SMARTS) is 1. The summed E-state index contributed by atoms with van der Waals surface area (Å²) in [5, 5.41) is 13.2. The van der Waals surface area contributed by atoms with E-state index in [1.54, 1.807) is 13.2 Å². The highest BCUT2D eigenvalue weighted by Crippen LogP contribution is 2.17. The number of nitrogens with zero attached hydrogens (tertiary/aromatic N) is 3. The number of hydrogen-bond acceptors (Lipinski definition) is 3. The van der Waals surface area contributed by atoms with E-state index < -0.39 is 17.6 Å². The van der Waals surface area contributed by atoms with E-state index in [-0.39, 0.29) is 35.9 Å². The highest BCUT2D eigenvalue weighted by atomic mass is 19.2. The topological polar surface area (TPSA) is 77.1 Å². The highest BCUT2D eigenvalue weighted by molar-refractivity contribution is 5.77. The molecule has 1 aromatic carbocycles. The molecule has 2 aromatic heterocycles. The van der Waals surface area contributed by atoms with Crippen molar-refractivity contribution >= 4 is 17.0 Å². The Morgan fingerprint density at radius 3 is 2.76 bits per heavy atom. The van der Waals surface area contributed by atoms with Gasteiger partial charge in [0.1, 0.15) is 6.54 Å². The van der Waals surface area contributed by atoms with Crippen LogP contribution in [-0.2, 0) is 31.2 Å². The molecule has 3 aromatic rings. The van der Waals surface area contributed by atoms with Gasteiger partial charge in [0.2, 0.25) is 5.43 Å². The van der Waals surface area contributed by atoms with Crippen LogP contribution in [0.25, 0.3) is 11.0 Å². The summed E-state index contributed by atoms with van der Waals surface area (Å²) in [6.45, 7) is -0.358. The Labute approximate surface area is 140 Å². The van der Waals surface area contributed by atoms with Crippen molar-refractivity contribution in [3.63, 3.8) is 0 Å². The molecule has 0 saturated heterocycles. The van der Waals surface area contributed by atoms with Crippen LogP contribution in [0, 0.1) is 11.6 Å². The van der Waals surface area contributed by atoms with E-state index in [0.29, 0.717) is 11.2 Å². The Morgan fingerprint density at radius 1 is 1.28 bits per heavy atom. The fourth-order valence-electron chi connectivity index (χ4n) is 2.83. The molecule has 0 aliphatic rings. The zero-order chi connectivity index (χ0) is 18.1. The summed E-state index contributed by atoms with van der Waals surface area (Å²) in [5.41, 5.74) is 0.820. The van der Waals surface area contributed by atoms with Gasteiger partial charge in [-0.25, -0.2) is 8.78 Å². The van der Waals surface area contributed by atoms with Crippen molar-refractivity contribution in [1.29, 1.82) is 0 Å². The smallest absolute Gasteiger partial charge is 0.323 e. The molecule has 0 amide bonds. The standard InChI is InChI=1S/C17H15F2N3O3/c1-21-8-13-17(20-21)14(23)7-11(22(13)9-15(24)25)6-5-10-3-2-4-12(18)16(10)19/h2-4,7-8H,5-6,9H2,1H3,(H,24,25). The second-order valence-electron chi connectivity index (χ2n) is 5.73. The number of hydrogen-bond donors (Lipinski definition) is 1. The average Bonchev–Trinajstić information content (AvgIpc) is 2.94. The third-order valence-electron chi connectivity index (χ3n) is 3.95. The van der Waals surface area contributed by atoms with Gasteiger partial charge in [-0.05, 0) is 24.5 Å². The van der Waals surface area contributed by atoms with Crippen molar-refractivity contribution in [1.82, 2.24) is 14.3 Å². The van der Waals surface area contributed by atoms with E-state index in [2.05, 4.69) is 5.10 Å². The fraction of sp³-hybridized carbons (Fsp3) is 0.235. The summed E-state index contributed by atoms with van der Waals surface area (Å²) in [5.74, 6) is -2.95. The summed E-state index contributed by atoms with van der Waals surface area (Å²) >= 11 is 0. The first-order valence-corrected chi connectivity index (χ1v) is 7.57. The molecule has 0 atom stereocenters. The maximum atomic E-state index is 13.8. The van der Waals surface area contributed by atoms with Crippen molar-refractivity contribution in [2.45, 2.75) is 19.4 Å². The Kier molecular flexibility index (Phi) is 4.35. The molecule has 0 aliphatic carbocycles. The zero-order valence-electron chi connectivity index (χ0n) is 13.4. The molecule has 2 heterocycles. The van der Waals surface area contributed by atoms with Gasteiger partial charge in [0, 0.05) is 25.0 Å². The van der Waals surface area contributed by atoms with Crippen LogP contribution in [0.3, 0.4) is 0 Å². The number of pyridine rings is 1. The van der Waals surface area contributed by atoms with E-state index in [9.17, 15) is 18.4 Å². The lowest BCUT2D eigenvalue weighted by atomic mass is 10.1. The molecule has 0 aliphatic heterocycles. The van der Waals surface area contributed by atoms with Gasteiger partial charge in [0.05, 0.1) is 5.52 Å². The van der Waals surface area contributed by atoms with E-state index in [4.69, 9.17) is 5.11 Å². The first kappa shape index (κ1) is 16.8. The second kappa shape index (κ2) is 6.46. The lowest BCUT2D eigenvalue weighted by Gasteiger charge is -2.13. The summed E-state index contributed by atoms with van der Waals surface area (Å²) in [6, 6.07) is 5.19. The number of aromatic nitrogens is 3. The van der Waals surface area contributed by atoms with Crippen LogP contribution in [0.1, 0.15) is 11.3 Å². The van der Waals surface area contributed by atoms with Crippen molar-refractivity contribution in [3.8, 4) is 0 Å². The highest BCUT2D eigenvalue weighted by Gasteiger charge is 2.15. The van der Waals surface area contributed by atoms with Crippen LogP contribution >= 0.6 is 0 Å². The van der Waals surface area contributed by atoms with Gasteiger partial charge in [-0.15, -0.1) is 0 Å². The number of carboxylic acids is 1. The minimum absolute atomic E-state index is 0.133. The number of benzene rings is 1. The van der Waals surface area contributed by atoms with Gasteiger partial charge < -0.3 is 9.67 Å². The summed E-state index contributed by atoms with van der Waals surface area (Å²) < 4.78 is 30.0. The maximum absolute atomic E-state index is 13.8. The van der Waals surface area contributed by atoms with Crippen LogP contribution in [0.15, 0.2) is 35.3 Å². The molecule has 8 heteroatoms. The molecule has 0 saturated carbocycles. The molecular weight excluding hydrogens is 332 g/mol. The third kappa shape index (κ3) is 3.28. The number of aliphatic carboxylic acids is 1. The Hall–Kier alpha value is -3.03. The van der Waals surface area contributed by atoms with Crippen molar-refractivity contribution in [2.24, 2.45) is 7.05 Å². The van der Waals surface area contributed by atoms with Crippen LogP contribution < -0.4 is 5.43 Å². The minimum atomic E-state index is -1.08. The summed E-state index contributed by atoms with van der Waals surface area (Å²) in [7, 11) is 1.63. The normalized spacial score (nSPS) is 11.2. The maximum Gasteiger partial charge on any atom is 0.323 e. The van der Waals surface area contributed by atoms with Crippen LogP contribution in [-0.4, -0.2) is 25.4 Å². The molecule has 0 spiro atoms. The number of halogens is 2. The molecule has 0 radical (unpaired) electrons. The monoisotopic (exact) mass is 347 g/mol. The molecule has 130 valence electrons. The van der Waals surface area contributed by atoms with Crippen molar-refractivity contribution in [2.75, 3.05) is 0 Å². The second-order valence-corrected chi connectivity index (χ2v) is 5.73. The van der Waals surface area contributed by atoms with Gasteiger partial charge >= 0.3 is 5.97 Å². The first-order valence-electron chi connectivity index (χ1n) is 7.57. The molecule has 6 nitrogen and oxygen atoms in total. The Balaban J connectivity index is 2.04. The predicted molar refractivity (Wildman–Crippen MR) is 86.4 cm³/mol. The van der Waals surface area contributed by atoms with Gasteiger partial charge in [0.25, 0.3) is 0 Å². The largest absolute Gasteiger partial charge is 0.480 e. The van der Waals surface area contributed by atoms with Gasteiger partial charge in [-0.3, -0.25) is 14.3 Å². The van der Waals surface area contributed by atoms with E-state index >= 15 is 0 Å². The number of aryl methyl sites for hydroxylation is 3. The van der Waals surface area contributed by atoms with E-state index in [0.717, 1.165) is 6.07 Å². The van der Waals surface area contributed by atoms with E-state index in [1.807, 2.05) is 0 Å². The zero-order valence-corrected chi connectivity index (χ0v) is 13.4. The van der Waals surface area contributed by atoms with Gasteiger partial charge in [-0.2, -0.15) is 5.10 Å². The van der Waals surface area contributed by atoms with Crippen LogP contribution in [0.2, 0.25) is 0 Å². The first-order chi connectivity index (χ1) is 11.9. The quantitative estimate of drug-likeness (QED) is 0.765. The Morgan fingerprint density at radius 2 is 2.04 bits per heavy atom. The number of carbonyl (C=O) groups is 1. The number of fused-ring (bicyclic) bond motifs is 1. The molecule has 1 N–H and O–H groups in total. The molecular formula is C17H15F2N3O3. The summed E-state index contributed by atoms with van der Waals surface area (Å²) in [6.07, 6.45) is 1.88. The number of rotatable bonds is 5. The lowest BCUT2D eigenvalue weighted by molar-refractivity contribution is -0.137. The Bertz CT molecular complexity index is 1020. The molecule has 3 rings (SSSR count). The minimum Gasteiger partial charge on any atom is -0.480 e. The molecule has 0 fully saturated rings. The summed E-state index contributed by atoms with van der Waals surface area (Å²) in [4.78, 5) is 23.4. The lowest BCUT2D eigenvalue weighted by Crippen LogP contribution is -2.18. The molecule has 0 bridgehead atoms. The molecule has 0 unspecified atom stereocenters. The van der Waals surface area contributed by atoms with Crippen LogP contribution in [0.4, 0.5) is 8.78 Å². The van der Waals surface area contributed by atoms with Gasteiger partial charge in [-0.1, -0.05) is 12.1 Å². The van der Waals surface area contributed by atoms with Crippen molar-refractivity contribution in [3.05, 3.63) is 63.6 Å². The fourth-order valence-corrected chi connectivity index (χ4v) is 2.83. The third-order valence-corrected chi connectivity index (χ3v) is 3.95. The predicted octanol–water partition coefficient (Wildman–Crippen LogP) is 1.88. The SMILES string of the molecule is Cn1cc2c(n1)c(=O)cc(CCc1cccc(F)c1F)n2CC(=O)O. The van der Waals surface area contributed by atoms with E-state index in [1.165, 1.54) is 27.4 Å².